The largest absolute Gasteiger partial charge is 0.480 e. The third-order valence-electron chi connectivity index (χ3n) is 4.37. The molecule has 0 spiro atoms. The van der Waals surface area contributed by atoms with E-state index in [1.54, 1.807) is 30.3 Å². The maximum absolute atomic E-state index is 11.5. The highest BCUT2D eigenvalue weighted by Crippen LogP contribution is 2.29. The van der Waals surface area contributed by atoms with Gasteiger partial charge in [-0.3, -0.25) is 38.9 Å². The van der Waals surface area contributed by atoms with E-state index in [9.17, 15) is 39.6 Å². The molecule has 170 valence electrons. The Morgan fingerprint density at radius 1 is 0.750 bits per heavy atom. The van der Waals surface area contributed by atoms with Crippen molar-refractivity contribution in [2.24, 2.45) is 0 Å². The van der Waals surface area contributed by atoms with Crippen LogP contribution in [0.15, 0.2) is 42.7 Å². The molecule has 4 N–H and O–H groups in total. The van der Waals surface area contributed by atoms with E-state index in [4.69, 9.17) is 0 Å². The average molecular weight is 446 g/mol. The van der Waals surface area contributed by atoms with Crippen LogP contribution in [-0.4, -0.2) is 96.8 Å². The molecule has 0 aliphatic rings. The molecule has 1 unspecified atom stereocenters. The van der Waals surface area contributed by atoms with Crippen LogP contribution in [0.1, 0.15) is 11.6 Å². The van der Waals surface area contributed by atoms with Crippen molar-refractivity contribution < 1.29 is 39.6 Å². The lowest BCUT2D eigenvalue weighted by molar-refractivity contribution is -0.146. The van der Waals surface area contributed by atoms with E-state index in [-0.39, 0.29) is 6.54 Å². The molecule has 0 aliphatic carbocycles. The molecule has 12 heteroatoms. The number of pyridine rings is 2. The highest BCUT2D eigenvalue weighted by atomic mass is 16.4. The highest BCUT2D eigenvalue weighted by Gasteiger charge is 2.30. The third kappa shape index (κ3) is 7.41. The minimum atomic E-state index is -1.30. The number of carboxylic acids is 4. The van der Waals surface area contributed by atoms with E-state index in [0.717, 1.165) is 9.80 Å². The van der Waals surface area contributed by atoms with Gasteiger partial charge in [-0.25, -0.2) is 0 Å². The summed E-state index contributed by atoms with van der Waals surface area (Å²) < 4.78 is 0. The molecule has 0 amide bonds. The van der Waals surface area contributed by atoms with Gasteiger partial charge in [-0.15, -0.1) is 0 Å². The van der Waals surface area contributed by atoms with Crippen LogP contribution < -0.4 is 0 Å². The van der Waals surface area contributed by atoms with Crippen molar-refractivity contribution in [3.05, 3.63) is 48.3 Å². The molecular formula is C20H22N4O8. The molecule has 0 saturated carbocycles. The van der Waals surface area contributed by atoms with Gasteiger partial charge in [-0.05, 0) is 23.8 Å². The summed E-state index contributed by atoms with van der Waals surface area (Å²) in [6.07, 6.45) is 3.01. The first-order chi connectivity index (χ1) is 15.2. The number of rotatable bonds is 13. The van der Waals surface area contributed by atoms with Gasteiger partial charge in [0.05, 0.1) is 43.6 Å². The Kier molecular flexibility index (Phi) is 8.74. The molecule has 0 saturated heterocycles. The van der Waals surface area contributed by atoms with Crippen molar-refractivity contribution in [3.63, 3.8) is 0 Å². The fourth-order valence-corrected chi connectivity index (χ4v) is 3.25. The lowest BCUT2D eigenvalue weighted by atomic mass is 10.00. The molecular weight excluding hydrogens is 424 g/mol. The van der Waals surface area contributed by atoms with Gasteiger partial charge < -0.3 is 20.4 Å². The first-order valence-corrected chi connectivity index (χ1v) is 9.37. The van der Waals surface area contributed by atoms with Gasteiger partial charge >= 0.3 is 23.9 Å². The summed E-state index contributed by atoms with van der Waals surface area (Å²) in [7, 11) is 0. The van der Waals surface area contributed by atoms with E-state index in [1.165, 1.54) is 12.4 Å². The standard InChI is InChI=1S/C20H22N4O8/c25-16(26)9-23(10-17(27)28)8-15(24(11-18(29)30)12-19(31)32)13-4-3-7-22-20(13)14-5-1-2-6-21-14/h1-7,15H,8-12H2,(H,25,26)(H,27,28)(H,29,30)(H,31,32). The zero-order chi connectivity index (χ0) is 23.7. The minimum Gasteiger partial charge on any atom is -0.480 e. The van der Waals surface area contributed by atoms with Crippen LogP contribution in [0.3, 0.4) is 0 Å². The van der Waals surface area contributed by atoms with Crippen LogP contribution in [0, 0.1) is 0 Å². The van der Waals surface area contributed by atoms with Crippen LogP contribution >= 0.6 is 0 Å². The Morgan fingerprint density at radius 3 is 1.81 bits per heavy atom. The SMILES string of the molecule is O=C(O)CN(CC(=O)O)CC(c1cccnc1-c1ccccn1)N(CC(=O)O)CC(=O)O. The van der Waals surface area contributed by atoms with Crippen molar-refractivity contribution in [3.8, 4) is 11.4 Å². The lowest BCUT2D eigenvalue weighted by Crippen LogP contribution is -2.45. The molecule has 0 aliphatic heterocycles. The molecule has 2 heterocycles. The van der Waals surface area contributed by atoms with Crippen LogP contribution in [-0.2, 0) is 19.2 Å². The van der Waals surface area contributed by atoms with Gasteiger partial charge in [0.15, 0.2) is 0 Å². The predicted octanol–water partition coefficient (Wildman–Crippen LogP) is 0.127. The highest BCUT2D eigenvalue weighted by molar-refractivity contribution is 5.74. The second-order valence-electron chi connectivity index (χ2n) is 6.82. The van der Waals surface area contributed by atoms with Gasteiger partial charge in [0.1, 0.15) is 0 Å². The number of hydrogen-bond acceptors (Lipinski definition) is 8. The average Bonchev–Trinajstić information content (AvgIpc) is 2.70. The molecule has 0 fully saturated rings. The summed E-state index contributed by atoms with van der Waals surface area (Å²) in [5.41, 5.74) is 1.15. The molecule has 0 radical (unpaired) electrons. The predicted molar refractivity (Wildman–Crippen MR) is 109 cm³/mol. The topological polar surface area (TPSA) is 181 Å². The van der Waals surface area contributed by atoms with E-state index < -0.39 is 56.1 Å². The Labute approximate surface area is 182 Å². The van der Waals surface area contributed by atoms with E-state index in [1.807, 2.05) is 0 Å². The van der Waals surface area contributed by atoms with Crippen molar-refractivity contribution >= 4 is 23.9 Å². The molecule has 0 bridgehead atoms. The Balaban J connectivity index is 2.59. The monoisotopic (exact) mass is 446 g/mol. The molecule has 1 atom stereocenters. The van der Waals surface area contributed by atoms with Gasteiger partial charge in [-0.2, -0.15) is 0 Å². The first-order valence-electron chi connectivity index (χ1n) is 9.37. The Morgan fingerprint density at radius 2 is 1.31 bits per heavy atom. The summed E-state index contributed by atoms with van der Waals surface area (Å²) in [4.78, 5) is 56.2. The summed E-state index contributed by atoms with van der Waals surface area (Å²) >= 11 is 0. The quantitative estimate of drug-likeness (QED) is 0.327. The lowest BCUT2D eigenvalue weighted by Gasteiger charge is -2.34. The normalized spacial score (nSPS) is 11.9. The van der Waals surface area contributed by atoms with Gasteiger partial charge in [-0.1, -0.05) is 12.1 Å². The summed E-state index contributed by atoms with van der Waals surface area (Å²) in [5.74, 6) is -5.18. The smallest absolute Gasteiger partial charge is 0.317 e. The second-order valence-corrected chi connectivity index (χ2v) is 6.82. The van der Waals surface area contributed by atoms with Crippen molar-refractivity contribution in [1.29, 1.82) is 0 Å². The minimum absolute atomic E-state index is 0.273. The zero-order valence-corrected chi connectivity index (χ0v) is 16.9. The number of carboxylic acid groups (broad SMARTS) is 4. The van der Waals surface area contributed by atoms with Gasteiger partial charge in [0.2, 0.25) is 0 Å². The van der Waals surface area contributed by atoms with Crippen LogP contribution in [0.5, 0.6) is 0 Å². The van der Waals surface area contributed by atoms with Crippen molar-refractivity contribution in [2.75, 3.05) is 32.7 Å². The van der Waals surface area contributed by atoms with E-state index in [2.05, 4.69) is 9.97 Å². The number of aromatic nitrogens is 2. The summed E-state index contributed by atoms with van der Waals surface area (Å²) in [5, 5.41) is 37.0. The number of carbonyl (C=O) groups is 4. The maximum Gasteiger partial charge on any atom is 0.317 e. The van der Waals surface area contributed by atoms with Crippen molar-refractivity contribution in [2.45, 2.75) is 6.04 Å². The van der Waals surface area contributed by atoms with E-state index in [0.29, 0.717) is 17.0 Å². The fraction of sp³-hybridized carbons (Fsp3) is 0.300. The first kappa shape index (κ1) is 24.4. The maximum atomic E-state index is 11.5. The molecule has 2 aromatic rings. The molecule has 2 aromatic heterocycles. The number of nitrogens with zero attached hydrogens (tertiary/aromatic N) is 4. The third-order valence-corrected chi connectivity index (χ3v) is 4.37. The van der Waals surface area contributed by atoms with Crippen LogP contribution in [0.4, 0.5) is 0 Å². The summed E-state index contributed by atoms with van der Waals surface area (Å²) in [6.45, 7) is -2.92. The van der Waals surface area contributed by atoms with Crippen LogP contribution in [0.25, 0.3) is 11.4 Å². The molecule has 12 nitrogen and oxygen atoms in total. The molecule has 0 aromatic carbocycles. The molecule has 2 rings (SSSR count). The fourth-order valence-electron chi connectivity index (χ4n) is 3.25. The zero-order valence-electron chi connectivity index (χ0n) is 16.9. The number of hydrogen-bond donors (Lipinski definition) is 4. The second kappa shape index (κ2) is 11.5. The Hall–Kier alpha value is -3.90. The van der Waals surface area contributed by atoms with Crippen molar-refractivity contribution in [1.82, 2.24) is 19.8 Å². The van der Waals surface area contributed by atoms with Gasteiger partial charge in [0.25, 0.3) is 0 Å². The molecule has 32 heavy (non-hydrogen) atoms. The van der Waals surface area contributed by atoms with Crippen LogP contribution in [0.2, 0.25) is 0 Å². The van der Waals surface area contributed by atoms with E-state index >= 15 is 0 Å². The van der Waals surface area contributed by atoms with Gasteiger partial charge in [0, 0.05) is 18.9 Å². The number of aliphatic carboxylic acids is 4. The summed E-state index contributed by atoms with van der Waals surface area (Å²) in [6, 6.07) is 7.21. The Bertz CT molecular complexity index is 937.